The number of carbonyl (C=O) groups is 4. The molecule has 1 N–H and O–H groups in total. The topological polar surface area (TPSA) is 184 Å². The molecule has 16 heteroatoms. The molecule has 2 saturated carbocycles. The van der Waals surface area contributed by atoms with E-state index >= 15 is 4.79 Å². The summed E-state index contributed by atoms with van der Waals surface area (Å²) in [5, 5.41) is 13.0. The van der Waals surface area contributed by atoms with Gasteiger partial charge in [-0.15, -0.1) is 0 Å². The number of aliphatic hydroxyl groups is 1. The highest BCUT2D eigenvalue weighted by Gasteiger charge is 2.79. The summed E-state index contributed by atoms with van der Waals surface area (Å²) >= 11 is 0. The molecule has 3 aliphatic carbocycles. The largest absolute Gasteiger partial charge is 0.497 e. The molecule has 3 aromatic carbocycles. The Balaban J connectivity index is 1.15. The lowest BCUT2D eigenvalue weighted by Crippen LogP contribution is -2.78. The summed E-state index contributed by atoms with van der Waals surface area (Å²) in [6.07, 6.45) is -7.45. The Hall–Kier alpha value is -5.52. The molecule has 72 heavy (non-hydrogen) atoms. The van der Waals surface area contributed by atoms with Crippen LogP contribution in [0, 0.1) is 28.6 Å². The number of hydrogen-bond acceptors (Lipinski definition) is 15. The molecule has 14 atom stereocenters. The van der Waals surface area contributed by atoms with Gasteiger partial charge in [0.1, 0.15) is 36.4 Å². The Morgan fingerprint density at radius 2 is 1.49 bits per heavy atom. The molecule has 3 unspecified atom stereocenters. The summed E-state index contributed by atoms with van der Waals surface area (Å²) in [4.78, 5) is 58.1. The molecule has 9 rings (SSSR count). The lowest BCUT2D eigenvalue weighted by atomic mass is 9.47. The predicted molar refractivity (Wildman–Crippen MR) is 259 cm³/mol. The summed E-state index contributed by atoms with van der Waals surface area (Å²) in [5.41, 5.74) is -1.97. The van der Waals surface area contributed by atoms with Gasteiger partial charge in [0.2, 0.25) is 0 Å². The fourth-order valence-corrected chi connectivity index (χ4v) is 13.6. The molecule has 16 nitrogen and oxygen atoms in total. The Labute approximate surface area is 421 Å². The van der Waals surface area contributed by atoms with Crippen LogP contribution in [0.3, 0.4) is 0 Å². The first kappa shape index (κ1) is 51.4. The van der Waals surface area contributed by atoms with E-state index in [-0.39, 0.29) is 25.6 Å². The molecule has 3 aliphatic heterocycles. The number of rotatable bonds is 13. The van der Waals surface area contributed by atoms with Gasteiger partial charge in [-0.2, -0.15) is 0 Å². The second-order valence-electron chi connectivity index (χ2n) is 21.6. The lowest BCUT2D eigenvalue weighted by molar-refractivity contribution is -0.398. The maximum absolute atomic E-state index is 15.3. The van der Waals surface area contributed by atoms with Gasteiger partial charge in [-0.05, 0) is 80.0 Å². The number of carbonyl (C=O) groups excluding carboxylic acids is 4. The molecule has 1 amide bonds. The van der Waals surface area contributed by atoms with E-state index in [1.807, 2.05) is 89.2 Å². The van der Waals surface area contributed by atoms with Crippen LogP contribution in [-0.2, 0) is 58.9 Å². The first-order chi connectivity index (χ1) is 34.2. The van der Waals surface area contributed by atoms with Gasteiger partial charge in [0.15, 0.2) is 30.3 Å². The first-order valence-electron chi connectivity index (χ1n) is 25.0. The van der Waals surface area contributed by atoms with Gasteiger partial charge < -0.3 is 52.5 Å². The monoisotopic (exact) mass is 995 g/mol. The smallest absolute Gasteiger partial charge is 0.412 e. The van der Waals surface area contributed by atoms with Gasteiger partial charge in [0, 0.05) is 54.6 Å². The van der Waals surface area contributed by atoms with Crippen LogP contribution in [-0.4, -0.2) is 109 Å². The third kappa shape index (κ3) is 8.54. The van der Waals surface area contributed by atoms with E-state index in [0.29, 0.717) is 46.6 Å². The highest BCUT2D eigenvalue weighted by molar-refractivity contribution is 5.79. The minimum atomic E-state index is -1.60. The van der Waals surface area contributed by atoms with Crippen LogP contribution in [0.4, 0.5) is 4.79 Å². The average molecular weight is 996 g/mol. The minimum absolute atomic E-state index is 0.00242. The van der Waals surface area contributed by atoms with Gasteiger partial charge in [0.05, 0.1) is 38.6 Å². The number of nitrogens with zero attached hydrogens (tertiary/aromatic N) is 1. The van der Waals surface area contributed by atoms with Gasteiger partial charge in [0.25, 0.3) is 0 Å². The van der Waals surface area contributed by atoms with Crippen LogP contribution in [0.1, 0.15) is 111 Å². The van der Waals surface area contributed by atoms with Crippen LogP contribution in [0.25, 0.3) is 0 Å². The number of esters is 3. The van der Waals surface area contributed by atoms with E-state index in [0.717, 1.165) is 5.56 Å². The molecular formula is C56H69NO15. The number of methoxy groups -OCH3 is 2. The highest BCUT2D eigenvalue weighted by atomic mass is 16.7. The molecule has 0 bridgehead atoms. The van der Waals surface area contributed by atoms with Crippen LogP contribution < -0.4 is 9.47 Å². The Bertz CT molecular complexity index is 2540. The van der Waals surface area contributed by atoms with Crippen molar-refractivity contribution in [1.82, 2.24) is 4.90 Å². The normalized spacial score (nSPS) is 34.7. The van der Waals surface area contributed by atoms with Gasteiger partial charge in [-0.3, -0.25) is 14.5 Å². The van der Waals surface area contributed by atoms with Crippen molar-refractivity contribution in [3.05, 3.63) is 107 Å². The maximum Gasteiger partial charge on any atom is 0.412 e. The Morgan fingerprint density at radius 1 is 0.847 bits per heavy atom. The number of amides is 1. The highest BCUT2D eigenvalue weighted by Crippen LogP contribution is 2.72. The van der Waals surface area contributed by atoms with Crippen molar-refractivity contribution in [2.75, 3.05) is 20.8 Å². The lowest BCUT2D eigenvalue weighted by Gasteiger charge is -2.68. The summed E-state index contributed by atoms with van der Waals surface area (Å²) in [5.74, 6) is -1.81. The zero-order valence-corrected chi connectivity index (χ0v) is 43.1. The van der Waals surface area contributed by atoms with E-state index in [4.69, 9.17) is 47.4 Å². The fraction of sp³-hybridized carbons (Fsp3) is 0.571. The molecule has 3 saturated heterocycles. The molecule has 5 fully saturated rings. The zero-order chi connectivity index (χ0) is 51.7. The van der Waals surface area contributed by atoms with Crippen LogP contribution in [0.15, 0.2) is 90.0 Å². The summed E-state index contributed by atoms with van der Waals surface area (Å²) in [6, 6.07) is 22.9. The third-order valence-corrected chi connectivity index (χ3v) is 16.6. The first-order valence-corrected chi connectivity index (χ1v) is 25.0. The van der Waals surface area contributed by atoms with E-state index in [1.165, 1.54) is 18.7 Å². The van der Waals surface area contributed by atoms with Crippen molar-refractivity contribution in [3.63, 3.8) is 0 Å². The maximum atomic E-state index is 15.3. The van der Waals surface area contributed by atoms with Crippen molar-refractivity contribution in [3.8, 4) is 11.5 Å². The molecule has 0 radical (unpaired) electrons. The molecule has 0 spiro atoms. The quantitative estimate of drug-likeness (QED) is 0.0979. The van der Waals surface area contributed by atoms with Crippen molar-refractivity contribution in [1.29, 1.82) is 0 Å². The van der Waals surface area contributed by atoms with E-state index in [1.54, 1.807) is 52.3 Å². The van der Waals surface area contributed by atoms with E-state index < -0.39 is 113 Å². The van der Waals surface area contributed by atoms with E-state index in [2.05, 4.69) is 0 Å². The number of hydrogen-bond donors (Lipinski definition) is 1. The van der Waals surface area contributed by atoms with Gasteiger partial charge >= 0.3 is 24.0 Å². The van der Waals surface area contributed by atoms with Crippen LogP contribution >= 0.6 is 0 Å². The molecular weight excluding hydrogens is 927 g/mol. The standard InChI is InChI=1S/C56H69NO15/c1-30(2)25-40-45(70-49(36-17-21-38(63-10)22-18-36)57(40)52(61)65-28-35-15-13-12-14-16-35)50(60)68-41-27-55(53(7,8)62)32(4)47-54(9)42(26-43-56(47,29-66-43)72-34(6)59)69-51(37-19-23-39(64-11)24-20-37)71-48(54)46(67-33(5)58)44(55)31(41)3/h12-24,30,32,40-43,45-49,51,62H,25-29H2,1-11H3/t32-,40-,41-,42-,43+,45?,46-,47-,48-,49?,51?,54+,55+,56-/m0/s1. The van der Waals surface area contributed by atoms with Gasteiger partial charge in [-0.1, -0.05) is 82.3 Å². The molecule has 388 valence electrons. The number of ether oxygens (including phenoxy) is 10. The second kappa shape index (κ2) is 19.4. The fourth-order valence-electron chi connectivity index (χ4n) is 13.6. The molecule has 0 aromatic heterocycles. The Morgan fingerprint density at radius 3 is 2.04 bits per heavy atom. The molecule has 3 aromatic rings. The second-order valence-corrected chi connectivity index (χ2v) is 21.6. The SMILES string of the molecule is COc1ccc(C2O[C@H]3C[C@H]4OC[C@@]4(OC(C)=O)[C@H]4[C@H](C)[C@]5(C(C)(C)O)C[C@H](OC(=O)C6OC(c7ccc(OC)cc7)N(C(=O)OCc7ccccc7)[C@H]6CC(C)C)C(C)=C5[C@H](OC(C)=O)[C@H](O2)[C@]34C)cc1. The molecule has 3 heterocycles. The van der Waals surface area contributed by atoms with Gasteiger partial charge in [-0.25, -0.2) is 9.59 Å². The van der Waals surface area contributed by atoms with Crippen molar-refractivity contribution in [2.45, 2.75) is 155 Å². The minimum Gasteiger partial charge on any atom is -0.497 e. The predicted octanol–water partition coefficient (Wildman–Crippen LogP) is 8.34. The summed E-state index contributed by atoms with van der Waals surface area (Å²) < 4.78 is 63.8. The third-order valence-electron chi connectivity index (χ3n) is 16.6. The zero-order valence-electron chi connectivity index (χ0n) is 43.1. The summed E-state index contributed by atoms with van der Waals surface area (Å²) in [6.45, 7) is 16.1. The van der Waals surface area contributed by atoms with E-state index in [9.17, 15) is 19.5 Å². The van der Waals surface area contributed by atoms with Crippen molar-refractivity contribution >= 4 is 24.0 Å². The number of fused-ring (bicyclic) bond motifs is 3. The van der Waals surface area contributed by atoms with Crippen LogP contribution in [0.2, 0.25) is 0 Å². The Kier molecular flexibility index (Phi) is 13.8. The number of benzene rings is 3. The molecule has 6 aliphatic rings. The van der Waals surface area contributed by atoms with Crippen molar-refractivity contribution < 1.29 is 71.7 Å². The summed E-state index contributed by atoms with van der Waals surface area (Å²) in [7, 11) is 3.14. The van der Waals surface area contributed by atoms with Crippen LogP contribution in [0.5, 0.6) is 11.5 Å². The van der Waals surface area contributed by atoms with Crippen molar-refractivity contribution in [2.24, 2.45) is 28.6 Å². The average Bonchev–Trinajstić information content (AvgIpc) is 3.84.